The molecule has 1 rings (SSSR count). The summed E-state index contributed by atoms with van der Waals surface area (Å²) in [5.41, 5.74) is 5.62. The van der Waals surface area contributed by atoms with Gasteiger partial charge < -0.3 is 15.2 Å². The van der Waals surface area contributed by atoms with E-state index >= 15 is 0 Å². The maximum atomic E-state index is 5.64. The Kier molecular flexibility index (Phi) is 4.58. The van der Waals surface area contributed by atoms with Crippen LogP contribution < -0.4 is 5.73 Å². The first-order chi connectivity index (χ1) is 5.88. The Morgan fingerprint density at radius 2 is 2.17 bits per heavy atom. The van der Waals surface area contributed by atoms with Gasteiger partial charge in [-0.3, -0.25) is 0 Å². The lowest BCUT2D eigenvalue weighted by molar-refractivity contribution is 0.000668. The molecule has 2 unspecified atom stereocenters. The van der Waals surface area contributed by atoms with Crippen LogP contribution in [0.1, 0.15) is 19.3 Å². The number of rotatable bonds is 5. The van der Waals surface area contributed by atoms with Gasteiger partial charge in [-0.25, -0.2) is 0 Å². The van der Waals surface area contributed by atoms with Gasteiger partial charge in [0.2, 0.25) is 0 Å². The van der Waals surface area contributed by atoms with E-state index in [-0.39, 0.29) is 0 Å². The van der Waals surface area contributed by atoms with Crippen molar-refractivity contribution in [2.24, 2.45) is 11.7 Å². The predicted molar refractivity (Wildman–Crippen MR) is 48.0 cm³/mol. The first-order valence-corrected chi connectivity index (χ1v) is 4.69. The number of ether oxygens (including phenoxy) is 2. The van der Waals surface area contributed by atoms with Gasteiger partial charge in [0, 0.05) is 7.11 Å². The zero-order chi connectivity index (χ0) is 8.81. The summed E-state index contributed by atoms with van der Waals surface area (Å²) < 4.78 is 10.6. The molecular weight excluding hydrogens is 154 g/mol. The molecule has 0 aliphatic heterocycles. The van der Waals surface area contributed by atoms with Gasteiger partial charge in [0.15, 0.2) is 0 Å². The lowest BCUT2D eigenvalue weighted by atomic mass is 10.1. The quantitative estimate of drug-likeness (QED) is 0.625. The van der Waals surface area contributed by atoms with Crippen LogP contribution in [0.4, 0.5) is 0 Å². The van der Waals surface area contributed by atoms with Crippen LogP contribution in [0.15, 0.2) is 0 Å². The normalized spacial score (nSPS) is 29.5. The molecule has 0 aromatic carbocycles. The van der Waals surface area contributed by atoms with E-state index in [4.69, 9.17) is 15.2 Å². The van der Waals surface area contributed by atoms with Gasteiger partial charge in [-0.05, 0) is 25.3 Å². The van der Waals surface area contributed by atoms with Crippen LogP contribution in [-0.4, -0.2) is 33.0 Å². The van der Waals surface area contributed by atoms with E-state index in [9.17, 15) is 0 Å². The Morgan fingerprint density at radius 1 is 1.33 bits per heavy atom. The fourth-order valence-corrected chi connectivity index (χ4v) is 1.77. The Balaban J connectivity index is 2.12. The van der Waals surface area contributed by atoms with Gasteiger partial charge in [0.1, 0.15) is 0 Å². The summed E-state index contributed by atoms with van der Waals surface area (Å²) >= 11 is 0. The molecule has 1 saturated carbocycles. The fourth-order valence-electron chi connectivity index (χ4n) is 1.77. The first kappa shape index (κ1) is 9.96. The molecule has 0 radical (unpaired) electrons. The van der Waals surface area contributed by atoms with Gasteiger partial charge in [0.25, 0.3) is 0 Å². The van der Waals surface area contributed by atoms with Crippen molar-refractivity contribution in [3.05, 3.63) is 0 Å². The Labute approximate surface area is 74.2 Å². The summed E-state index contributed by atoms with van der Waals surface area (Å²) in [6.45, 7) is 2.16. The van der Waals surface area contributed by atoms with E-state index in [2.05, 4.69) is 0 Å². The SMILES string of the molecule is COCCOC1CCCC1CN. The third-order valence-electron chi connectivity index (χ3n) is 2.51. The van der Waals surface area contributed by atoms with Crippen molar-refractivity contribution in [3.8, 4) is 0 Å². The third-order valence-corrected chi connectivity index (χ3v) is 2.51. The van der Waals surface area contributed by atoms with Gasteiger partial charge >= 0.3 is 0 Å². The van der Waals surface area contributed by atoms with Crippen molar-refractivity contribution >= 4 is 0 Å². The molecule has 2 atom stereocenters. The van der Waals surface area contributed by atoms with Gasteiger partial charge in [-0.15, -0.1) is 0 Å². The second-order valence-electron chi connectivity index (χ2n) is 3.33. The average Bonchev–Trinajstić information content (AvgIpc) is 2.52. The second-order valence-corrected chi connectivity index (χ2v) is 3.33. The molecule has 0 aromatic rings. The highest BCUT2D eigenvalue weighted by atomic mass is 16.5. The molecule has 0 heterocycles. The summed E-state index contributed by atoms with van der Waals surface area (Å²) in [5.74, 6) is 0.585. The minimum Gasteiger partial charge on any atom is -0.382 e. The van der Waals surface area contributed by atoms with Crippen molar-refractivity contribution in [3.63, 3.8) is 0 Å². The monoisotopic (exact) mass is 173 g/mol. The van der Waals surface area contributed by atoms with E-state index in [1.807, 2.05) is 0 Å². The number of nitrogens with two attached hydrogens (primary N) is 1. The number of methoxy groups -OCH3 is 1. The molecule has 3 heteroatoms. The fraction of sp³-hybridized carbons (Fsp3) is 1.00. The van der Waals surface area contributed by atoms with Crippen LogP contribution in [0.5, 0.6) is 0 Å². The summed E-state index contributed by atoms with van der Waals surface area (Å²) in [6, 6.07) is 0. The molecule has 0 saturated heterocycles. The minimum atomic E-state index is 0.394. The second kappa shape index (κ2) is 5.51. The number of hydrogen-bond acceptors (Lipinski definition) is 3. The van der Waals surface area contributed by atoms with E-state index in [0.717, 1.165) is 6.54 Å². The van der Waals surface area contributed by atoms with Crippen LogP contribution in [-0.2, 0) is 9.47 Å². The molecular formula is C9H19NO2. The van der Waals surface area contributed by atoms with Crippen LogP contribution >= 0.6 is 0 Å². The zero-order valence-corrected chi connectivity index (χ0v) is 7.79. The average molecular weight is 173 g/mol. The summed E-state index contributed by atoms with van der Waals surface area (Å²) in [5, 5.41) is 0. The molecule has 1 fully saturated rings. The van der Waals surface area contributed by atoms with Gasteiger partial charge in [-0.1, -0.05) is 6.42 Å². The maximum Gasteiger partial charge on any atom is 0.0704 e. The Bertz CT molecular complexity index is 119. The number of hydrogen-bond donors (Lipinski definition) is 1. The van der Waals surface area contributed by atoms with Gasteiger partial charge in [-0.2, -0.15) is 0 Å². The molecule has 72 valence electrons. The highest BCUT2D eigenvalue weighted by molar-refractivity contribution is 4.78. The smallest absolute Gasteiger partial charge is 0.0704 e. The summed E-state index contributed by atoms with van der Waals surface area (Å²) in [4.78, 5) is 0. The van der Waals surface area contributed by atoms with Crippen molar-refractivity contribution < 1.29 is 9.47 Å². The zero-order valence-electron chi connectivity index (χ0n) is 7.79. The van der Waals surface area contributed by atoms with E-state index < -0.39 is 0 Å². The van der Waals surface area contributed by atoms with Crippen molar-refractivity contribution in [2.75, 3.05) is 26.9 Å². The Hall–Kier alpha value is -0.120. The first-order valence-electron chi connectivity index (χ1n) is 4.69. The highest BCUT2D eigenvalue weighted by Gasteiger charge is 2.26. The molecule has 1 aliphatic rings. The van der Waals surface area contributed by atoms with E-state index in [1.165, 1.54) is 19.3 Å². The van der Waals surface area contributed by atoms with Crippen molar-refractivity contribution in [1.82, 2.24) is 0 Å². The minimum absolute atomic E-state index is 0.394. The van der Waals surface area contributed by atoms with Crippen LogP contribution in [0.2, 0.25) is 0 Å². The topological polar surface area (TPSA) is 44.5 Å². The van der Waals surface area contributed by atoms with E-state index in [1.54, 1.807) is 7.11 Å². The van der Waals surface area contributed by atoms with Crippen LogP contribution in [0.3, 0.4) is 0 Å². The highest BCUT2D eigenvalue weighted by Crippen LogP contribution is 2.26. The molecule has 0 spiro atoms. The van der Waals surface area contributed by atoms with Crippen LogP contribution in [0.25, 0.3) is 0 Å². The summed E-state index contributed by atoms with van der Waals surface area (Å²) in [6.07, 6.45) is 4.06. The van der Waals surface area contributed by atoms with Gasteiger partial charge in [0.05, 0.1) is 19.3 Å². The summed E-state index contributed by atoms with van der Waals surface area (Å²) in [7, 11) is 1.69. The third kappa shape index (κ3) is 2.73. The van der Waals surface area contributed by atoms with Crippen molar-refractivity contribution in [1.29, 1.82) is 0 Å². The molecule has 0 aromatic heterocycles. The van der Waals surface area contributed by atoms with E-state index in [0.29, 0.717) is 25.2 Å². The Morgan fingerprint density at radius 3 is 2.83 bits per heavy atom. The lowest BCUT2D eigenvalue weighted by Crippen LogP contribution is -2.26. The molecule has 1 aliphatic carbocycles. The largest absolute Gasteiger partial charge is 0.382 e. The molecule has 0 bridgehead atoms. The van der Waals surface area contributed by atoms with Crippen molar-refractivity contribution in [2.45, 2.75) is 25.4 Å². The molecule has 2 N–H and O–H groups in total. The predicted octanol–water partition coefficient (Wildman–Crippen LogP) is 0.777. The standard InChI is InChI=1S/C9H19NO2/c1-11-5-6-12-9-4-2-3-8(9)7-10/h8-9H,2-7,10H2,1H3. The molecule has 0 amide bonds. The molecule has 12 heavy (non-hydrogen) atoms. The lowest BCUT2D eigenvalue weighted by Gasteiger charge is -2.18. The van der Waals surface area contributed by atoms with Crippen LogP contribution in [0, 0.1) is 5.92 Å². The maximum absolute atomic E-state index is 5.64. The molecule has 3 nitrogen and oxygen atoms in total.